The van der Waals surface area contributed by atoms with Gasteiger partial charge in [-0.2, -0.15) is 0 Å². The van der Waals surface area contributed by atoms with Crippen molar-refractivity contribution >= 4 is 34.9 Å². The van der Waals surface area contributed by atoms with Crippen LogP contribution >= 0.6 is 23.2 Å². The largest absolute Gasteiger partial charge is 0.391 e. The van der Waals surface area contributed by atoms with Crippen molar-refractivity contribution in [2.75, 3.05) is 12.4 Å². The van der Waals surface area contributed by atoms with E-state index in [0.717, 1.165) is 25.7 Å². The van der Waals surface area contributed by atoms with Crippen molar-refractivity contribution in [2.45, 2.75) is 37.8 Å². The molecule has 2 N–H and O–H groups in total. The number of carbonyl (C=O) groups is 1. The lowest BCUT2D eigenvalue weighted by Gasteiger charge is -2.35. The zero-order valence-corrected chi connectivity index (χ0v) is 12.8. The summed E-state index contributed by atoms with van der Waals surface area (Å²) in [7, 11) is 1.70. The molecule has 0 aromatic heterocycles. The maximum atomic E-state index is 12.2. The van der Waals surface area contributed by atoms with Crippen LogP contribution in [0, 0.1) is 0 Å². The second kappa shape index (κ2) is 6.66. The first kappa shape index (κ1) is 15.4. The fourth-order valence-electron chi connectivity index (χ4n) is 2.53. The van der Waals surface area contributed by atoms with E-state index in [-0.39, 0.29) is 12.1 Å². The number of nitrogens with one attached hydrogen (secondary N) is 1. The van der Waals surface area contributed by atoms with Gasteiger partial charge in [0, 0.05) is 22.8 Å². The highest BCUT2D eigenvalue weighted by atomic mass is 35.5. The molecule has 0 aliphatic heterocycles. The molecule has 6 heteroatoms. The second-order valence-corrected chi connectivity index (χ2v) is 5.99. The van der Waals surface area contributed by atoms with Crippen LogP contribution in [0.3, 0.4) is 0 Å². The van der Waals surface area contributed by atoms with Crippen LogP contribution in [0.4, 0.5) is 10.5 Å². The molecule has 0 bridgehead atoms. The molecular formula is C14H18Cl2N2O2. The molecule has 0 radical (unpaired) electrons. The smallest absolute Gasteiger partial charge is 0.321 e. The molecule has 1 saturated carbocycles. The van der Waals surface area contributed by atoms with E-state index in [4.69, 9.17) is 23.2 Å². The Hall–Kier alpha value is -0.970. The van der Waals surface area contributed by atoms with Gasteiger partial charge in [0.15, 0.2) is 0 Å². The predicted octanol–water partition coefficient (Wildman–Crippen LogP) is 3.76. The van der Waals surface area contributed by atoms with E-state index in [1.807, 2.05) is 0 Å². The number of hydrogen-bond donors (Lipinski definition) is 2. The van der Waals surface area contributed by atoms with Crippen molar-refractivity contribution in [1.29, 1.82) is 0 Å². The number of carbonyl (C=O) groups excluding carboxylic acids is 1. The van der Waals surface area contributed by atoms with Crippen LogP contribution in [0.1, 0.15) is 25.7 Å². The van der Waals surface area contributed by atoms with Crippen molar-refractivity contribution < 1.29 is 9.90 Å². The minimum absolute atomic E-state index is 0.140. The molecular weight excluding hydrogens is 299 g/mol. The number of aliphatic hydroxyl groups excluding tert-OH is 1. The zero-order valence-electron chi connectivity index (χ0n) is 11.3. The summed E-state index contributed by atoms with van der Waals surface area (Å²) in [6.45, 7) is 0. The van der Waals surface area contributed by atoms with E-state index in [1.54, 1.807) is 30.1 Å². The Bertz CT molecular complexity index is 476. The monoisotopic (exact) mass is 316 g/mol. The molecule has 2 rings (SSSR count). The van der Waals surface area contributed by atoms with E-state index >= 15 is 0 Å². The number of likely N-dealkylation sites (N-methyl/N-ethyl adjacent to an activating group) is 1. The van der Waals surface area contributed by atoms with Crippen LogP contribution in [0.2, 0.25) is 10.0 Å². The van der Waals surface area contributed by atoms with Crippen LogP contribution in [0.15, 0.2) is 18.2 Å². The van der Waals surface area contributed by atoms with Crippen LogP contribution in [0.5, 0.6) is 0 Å². The standard InChI is InChI=1S/C14H18Cl2N2O2/c1-18(12-4-2-3-5-13(12)19)14(20)17-11-7-9(15)6-10(16)8-11/h6-8,12-13,19H,2-5H2,1H3,(H,17,20). The van der Waals surface area contributed by atoms with Gasteiger partial charge in [-0.3, -0.25) is 0 Å². The van der Waals surface area contributed by atoms with Crippen molar-refractivity contribution in [2.24, 2.45) is 0 Å². The minimum Gasteiger partial charge on any atom is -0.391 e. The molecule has 0 saturated heterocycles. The van der Waals surface area contributed by atoms with Gasteiger partial charge in [-0.25, -0.2) is 4.79 Å². The number of rotatable bonds is 2. The first-order valence-corrected chi connectivity index (χ1v) is 7.41. The van der Waals surface area contributed by atoms with E-state index in [1.165, 1.54) is 0 Å². The molecule has 2 amide bonds. The van der Waals surface area contributed by atoms with Crippen LogP contribution in [-0.2, 0) is 0 Å². The van der Waals surface area contributed by atoms with Gasteiger partial charge in [-0.1, -0.05) is 36.0 Å². The predicted molar refractivity (Wildman–Crippen MR) is 81.5 cm³/mol. The van der Waals surface area contributed by atoms with Gasteiger partial charge < -0.3 is 15.3 Å². The molecule has 0 heterocycles. The number of halogens is 2. The quantitative estimate of drug-likeness (QED) is 0.872. The van der Waals surface area contributed by atoms with Crippen molar-refractivity contribution in [3.8, 4) is 0 Å². The highest BCUT2D eigenvalue weighted by Crippen LogP contribution is 2.25. The number of anilines is 1. The number of hydrogen-bond acceptors (Lipinski definition) is 2. The van der Waals surface area contributed by atoms with Crippen LogP contribution in [-0.4, -0.2) is 35.2 Å². The van der Waals surface area contributed by atoms with Gasteiger partial charge in [-0.05, 0) is 31.0 Å². The van der Waals surface area contributed by atoms with Gasteiger partial charge in [0.25, 0.3) is 0 Å². The summed E-state index contributed by atoms with van der Waals surface area (Å²) < 4.78 is 0. The highest BCUT2D eigenvalue weighted by molar-refractivity contribution is 6.35. The first-order chi connectivity index (χ1) is 9.47. The Labute approximate surface area is 128 Å². The van der Waals surface area contributed by atoms with E-state index in [2.05, 4.69) is 5.32 Å². The summed E-state index contributed by atoms with van der Waals surface area (Å²) in [6.07, 6.45) is 3.15. The van der Waals surface area contributed by atoms with Gasteiger partial charge in [-0.15, -0.1) is 0 Å². The normalized spacial score (nSPS) is 22.4. The topological polar surface area (TPSA) is 52.6 Å². The molecule has 2 atom stereocenters. The number of aliphatic hydroxyl groups is 1. The molecule has 1 aliphatic carbocycles. The molecule has 0 spiro atoms. The number of benzene rings is 1. The third kappa shape index (κ3) is 3.78. The lowest BCUT2D eigenvalue weighted by molar-refractivity contribution is 0.0494. The van der Waals surface area contributed by atoms with Crippen molar-refractivity contribution in [3.63, 3.8) is 0 Å². The molecule has 20 heavy (non-hydrogen) atoms. The van der Waals surface area contributed by atoms with E-state index in [9.17, 15) is 9.90 Å². The fraction of sp³-hybridized carbons (Fsp3) is 0.500. The molecule has 1 aromatic rings. The van der Waals surface area contributed by atoms with Gasteiger partial charge in [0.1, 0.15) is 0 Å². The molecule has 1 aliphatic rings. The number of amides is 2. The Kier molecular flexibility index (Phi) is 5.13. The molecule has 1 aromatic carbocycles. The summed E-state index contributed by atoms with van der Waals surface area (Å²) in [5, 5.41) is 13.7. The Morgan fingerprint density at radius 1 is 1.25 bits per heavy atom. The summed E-state index contributed by atoms with van der Waals surface area (Å²) in [5.74, 6) is 0. The molecule has 4 nitrogen and oxygen atoms in total. The molecule has 1 fully saturated rings. The van der Waals surface area contributed by atoms with E-state index < -0.39 is 6.10 Å². The van der Waals surface area contributed by atoms with Crippen molar-refractivity contribution in [1.82, 2.24) is 4.90 Å². The Morgan fingerprint density at radius 2 is 1.85 bits per heavy atom. The maximum absolute atomic E-state index is 12.2. The molecule has 110 valence electrons. The SMILES string of the molecule is CN(C(=O)Nc1cc(Cl)cc(Cl)c1)C1CCCCC1O. The third-order valence-corrected chi connectivity index (χ3v) is 4.06. The summed E-state index contributed by atoms with van der Waals surface area (Å²) in [5.41, 5.74) is 0.546. The van der Waals surface area contributed by atoms with Crippen LogP contribution in [0.25, 0.3) is 0 Å². The van der Waals surface area contributed by atoms with Crippen molar-refractivity contribution in [3.05, 3.63) is 28.2 Å². The maximum Gasteiger partial charge on any atom is 0.321 e. The first-order valence-electron chi connectivity index (χ1n) is 6.65. The van der Waals surface area contributed by atoms with E-state index in [0.29, 0.717) is 15.7 Å². The summed E-state index contributed by atoms with van der Waals surface area (Å²) in [4.78, 5) is 13.8. The Morgan fingerprint density at radius 3 is 2.45 bits per heavy atom. The number of nitrogens with zero attached hydrogens (tertiary/aromatic N) is 1. The Balaban J connectivity index is 2.03. The van der Waals surface area contributed by atoms with Gasteiger partial charge in [0.2, 0.25) is 0 Å². The lowest BCUT2D eigenvalue weighted by Crippen LogP contribution is -2.47. The molecule has 2 unspecified atom stereocenters. The van der Waals surface area contributed by atoms with Gasteiger partial charge in [0.05, 0.1) is 12.1 Å². The average molecular weight is 317 g/mol. The lowest BCUT2D eigenvalue weighted by atomic mass is 9.92. The third-order valence-electron chi connectivity index (χ3n) is 3.63. The second-order valence-electron chi connectivity index (χ2n) is 5.12. The minimum atomic E-state index is -0.456. The number of urea groups is 1. The average Bonchev–Trinajstić information content (AvgIpc) is 2.37. The fourth-order valence-corrected chi connectivity index (χ4v) is 3.06. The summed E-state index contributed by atoms with van der Waals surface area (Å²) in [6, 6.07) is 4.47. The zero-order chi connectivity index (χ0) is 14.7. The van der Waals surface area contributed by atoms with Gasteiger partial charge >= 0.3 is 6.03 Å². The highest BCUT2D eigenvalue weighted by Gasteiger charge is 2.29. The van der Waals surface area contributed by atoms with Crippen LogP contribution < -0.4 is 5.32 Å². The summed E-state index contributed by atoms with van der Waals surface area (Å²) >= 11 is 11.8.